The van der Waals surface area contributed by atoms with E-state index in [1.807, 2.05) is 18.2 Å². The van der Waals surface area contributed by atoms with Gasteiger partial charge in [0.15, 0.2) is 0 Å². The topological polar surface area (TPSA) is 37.4 Å². The van der Waals surface area contributed by atoms with Crippen molar-refractivity contribution in [2.24, 2.45) is 0 Å². The van der Waals surface area contributed by atoms with Gasteiger partial charge in [0.2, 0.25) is 10.0 Å². The van der Waals surface area contributed by atoms with E-state index in [1.165, 1.54) is 15.4 Å². The number of aryl methyl sites for hydroxylation is 1. The first-order valence-corrected chi connectivity index (χ1v) is 9.64. The summed E-state index contributed by atoms with van der Waals surface area (Å²) in [5.74, 6) is 1.72. The zero-order valence-corrected chi connectivity index (χ0v) is 14.7. The number of rotatable bonds is 6. The number of sulfonamides is 1. The van der Waals surface area contributed by atoms with Crippen molar-refractivity contribution in [1.82, 2.24) is 4.31 Å². The zero-order chi connectivity index (χ0) is 16.2. The van der Waals surface area contributed by atoms with E-state index in [4.69, 9.17) is 0 Å². The van der Waals surface area contributed by atoms with Gasteiger partial charge in [-0.05, 0) is 35.7 Å². The van der Waals surface area contributed by atoms with Gasteiger partial charge < -0.3 is 0 Å². The Morgan fingerprint density at radius 1 is 1.00 bits per heavy atom. The molecule has 0 spiro atoms. The van der Waals surface area contributed by atoms with Crippen LogP contribution >= 0.6 is 11.8 Å². The second kappa shape index (κ2) is 7.31. The molecule has 5 heteroatoms. The summed E-state index contributed by atoms with van der Waals surface area (Å²) in [6.07, 6.45) is 0. The van der Waals surface area contributed by atoms with E-state index in [2.05, 4.69) is 19.1 Å². The van der Waals surface area contributed by atoms with Gasteiger partial charge in [-0.25, -0.2) is 12.7 Å². The van der Waals surface area contributed by atoms with Crippen molar-refractivity contribution < 1.29 is 8.42 Å². The van der Waals surface area contributed by atoms with Crippen molar-refractivity contribution in [1.29, 1.82) is 0 Å². The van der Waals surface area contributed by atoms with Crippen LogP contribution in [0.2, 0.25) is 0 Å². The van der Waals surface area contributed by atoms with Gasteiger partial charge in [0.25, 0.3) is 0 Å². The molecule has 3 nitrogen and oxygen atoms in total. The van der Waals surface area contributed by atoms with Gasteiger partial charge in [-0.3, -0.25) is 0 Å². The molecule has 2 rings (SSSR count). The lowest BCUT2D eigenvalue weighted by molar-refractivity contribution is 0.520. The van der Waals surface area contributed by atoms with Crippen molar-refractivity contribution in [3.05, 3.63) is 65.2 Å². The van der Waals surface area contributed by atoms with E-state index in [9.17, 15) is 8.42 Å². The van der Waals surface area contributed by atoms with Crippen molar-refractivity contribution >= 4 is 21.8 Å². The first-order valence-electron chi connectivity index (χ1n) is 7.05. The molecule has 0 fully saturated rings. The zero-order valence-electron chi connectivity index (χ0n) is 13.1. The summed E-state index contributed by atoms with van der Waals surface area (Å²) in [6.45, 7) is 2.11. The standard InChI is InChI=1S/C17H21NO2S2/c1-14-7-4-5-9-16(14)13-21-12-15-8-6-10-17(11-15)22(19,20)18(2)3/h4-11H,12-13H2,1-3H3. The number of hydrogen-bond acceptors (Lipinski definition) is 3. The Bertz CT molecular complexity index is 740. The molecule has 22 heavy (non-hydrogen) atoms. The molecular formula is C17H21NO2S2. The second-order valence-electron chi connectivity index (χ2n) is 5.35. The number of thioether (sulfide) groups is 1. The van der Waals surface area contributed by atoms with Crippen LogP contribution in [0, 0.1) is 6.92 Å². The molecule has 0 aromatic heterocycles. The molecule has 0 radical (unpaired) electrons. The highest BCUT2D eigenvalue weighted by atomic mass is 32.2. The molecule has 118 valence electrons. The molecule has 0 saturated heterocycles. The van der Waals surface area contributed by atoms with Crippen molar-refractivity contribution in [2.75, 3.05) is 14.1 Å². The predicted octanol–water partition coefficient (Wildman–Crippen LogP) is 3.68. The molecule has 0 unspecified atom stereocenters. The van der Waals surface area contributed by atoms with E-state index in [0.717, 1.165) is 17.1 Å². The van der Waals surface area contributed by atoms with E-state index in [1.54, 1.807) is 44.1 Å². The summed E-state index contributed by atoms with van der Waals surface area (Å²) in [7, 11) is -0.258. The fraction of sp³-hybridized carbons (Fsp3) is 0.294. The van der Waals surface area contributed by atoms with Gasteiger partial charge in [0, 0.05) is 25.6 Å². The first kappa shape index (κ1) is 17.1. The van der Waals surface area contributed by atoms with Crippen LogP contribution in [0.15, 0.2) is 53.4 Å². The van der Waals surface area contributed by atoms with Gasteiger partial charge in [0.05, 0.1) is 4.90 Å². The summed E-state index contributed by atoms with van der Waals surface area (Å²) < 4.78 is 25.5. The molecule has 0 bridgehead atoms. The van der Waals surface area contributed by atoms with E-state index in [-0.39, 0.29) is 0 Å². The molecule has 0 saturated carbocycles. The molecule has 0 atom stereocenters. The summed E-state index contributed by atoms with van der Waals surface area (Å²) in [6, 6.07) is 15.5. The summed E-state index contributed by atoms with van der Waals surface area (Å²) in [5, 5.41) is 0. The lowest BCUT2D eigenvalue weighted by Crippen LogP contribution is -2.22. The lowest BCUT2D eigenvalue weighted by Gasteiger charge is -2.12. The summed E-state index contributed by atoms with van der Waals surface area (Å²) in [5.41, 5.74) is 3.64. The maximum Gasteiger partial charge on any atom is 0.242 e. The molecular weight excluding hydrogens is 314 g/mol. The van der Waals surface area contributed by atoms with E-state index >= 15 is 0 Å². The van der Waals surface area contributed by atoms with Gasteiger partial charge in [-0.1, -0.05) is 36.4 Å². The Hall–Kier alpha value is -1.30. The van der Waals surface area contributed by atoms with Crippen molar-refractivity contribution in [2.45, 2.75) is 23.3 Å². The number of nitrogens with zero attached hydrogens (tertiary/aromatic N) is 1. The van der Waals surface area contributed by atoms with E-state index < -0.39 is 10.0 Å². The van der Waals surface area contributed by atoms with Crippen molar-refractivity contribution in [3.8, 4) is 0 Å². The smallest absolute Gasteiger partial charge is 0.207 e. The largest absolute Gasteiger partial charge is 0.242 e. The fourth-order valence-electron chi connectivity index (χ4n) is 2.06. The fourth-order valence-corrected chi connectivity index (χ4v) is 4.09. The Morgan fingerprint density at radius 2 is 1.73 bits per heavy atom. The minimum atomic E-state index is -3.36. The molecule has 0 aliphatic heterocycles. The van der Waals surface area contributed by atoms with Crippen LogP contribution in [0.3, 0.4) is 0 Å². The SMILES string of the molecule is Cc1ccccc1CSCc1cccc(S(=O)(=O)N(C)C)c1. The molecule has 0 aliphatic rings. The van der Waals surface area contributed by atoms with E-state index in [0.29, 0.717) is 4.90 Å². The minimum absolute atomic E-state index is 0.353. The van der Waals surface area contributed by atoms with Gasteiger partial charge in [-0.2, -0.15) is 11.8 Å². The second-order valence-corrected chi connectivity index (χ2v) is 8.49. The predicted molar refractivity (Wildman–Crippen MR) is 93.5 cm³/mol. The lowest BCUT2D eigenvalue weighted by atomic mass is 10.1. The highest BCUT2D eigenvalue weighted by Gasteiger charge is 2.17. The van der Waals surface area contributed by atoms with Gasteiger partial charge >= 0.3 is 0 Å². The number of hydrogen-bond donors (Lipinski definition) is 0. The van der Waals surface area contributed by atoms with Crippen LogP contribution in [-0.2, 0) is 21.5 Å². The average molecular weight is 335 g/mol. The molecule has 0 aliphatic carbocycles. The maximum atomic E-state index is 12.1. The Labute approximate surface area is 137 Å². The van der Waals surface area contributed by atoms with Crippen LogP contribution in [0.4, 0.5) is 0 Å². The summed E-state index contributed by atoms with van der Waals surface area (Å²) in [4.78, 5) is 0.353. The molecule has 2 aromatic carbocycles. The maximum absolute atomic E-state index is 12.1. The van der Waals surface area contributed by atoms with Crippen LogP contribution in [-0.4, -0.2) is 26.8 Å². The third kappa shape index (κ3) is 4.12. The van der Waals surface area contributed by atoms with Crippen molar-refractivity contribution in [3.63, 3.8) is 0 Å². The minimum Gasteiger partial charge on any atom is -0.207 e. The van der Waals surface area contributed by atoms with Gasteiger partial charge in [-0.15, -0.1) is 0 Å². The third-order valence-electron chi connectivity index (χ3n) is 3.46. The highest BCUT2D eigenvalue weighted by molar-refractivity contribution is 7.97. The Kier molecular flexibility index (Phi) is 5.67. The van der Waals surface area contributed by atoms with Crippen LogP contribution in [0.5, 0.6) is 0 Å². The van der Waals surface area contributed by atoms with Crippen LogP contribution < -0.4 is 0 Å². The van der Waals surface area contributed by atoms with Gasteiger partial charge in [0.1, 0.15) is 0 Å². The van der Waals surface area contributed by atoms with Crippen LogP contribution in [0.25, 0.3) is 0 Å². The molecule has 0 amide bonds. The number of benzene rings is 2. The molecule has 0 N–H and O–H groups in total. The third-order valence-corrected chi connectivity index (χ3v) is 6.33. The Balaban J connectivity index is 2.04. The molecule has 2 aromatic rings. The molecule has 0 heterocycles. The van der Waals surface area contributed by atoms with Crippen LogP contribution in [0.1, 0.15) is 16.7 Å². The average Bonchev–Trinajstić information content (AvgIpc) is 2.49. The normalized spacial score (nSPS) is 11.8. The highest BCUT2D eigenvalue weighted by Crippen LogP contribution is 2.22. The summed E-state index contributed by atoms with van der Waals surface area (Å²) >= 11 is 1.79. The quantitative estimate of drug-likeness (QED) is 0.808. The first-order chi connectivity index (χ1) is 10.4. The Morgan fingerprint density at radius 3 is 2.41 bits per heavy atom. The monoisotopic (exact) mass is 335 g/mol.